The molecule has 6 heteroatoms. The lowest BCUT2D eigenvalue weighted by molar-refractivity contribution is 0.585. The number of halogens is 3. The molecule has 0 saturated heterocycles. The summed E-state index contributed by atoms with van der Waals surface area (Å²) in [7, 11) is 3.67. The van der Waals surface area contributed by atoms with Crippen LogP contribution in [0, 0.1) is 11.6 Å². The molecule has 1 aromatic heterocycles. The second kappa shape index (κ2) is 5.79. The van der Waals surface area contributed by atoms with Gasteiger partial charge >= 0.3 is 0 Å². The van der Waals surface area contributed by atoms with Crippen molar-refractivity contribution in [3.05, 3.63) is 40.0 Å². The minimum Gasteiger partial charge on any atom is -0.319 e. The van der Waals surface area contributed by atoms with Crippen molar-refractivity contribution in [1.82, 2.24) is 15.1 Å². The van der Waals surface area contributed by atoms with Crippen molar-refractivity contribution in [2.24, 2.45) is 7.05 Å². The van der Waals surface area contributed by atoms with Crippen LogP contribution in [0.2, 0.25) is 0 Å². The van der Waals surface area contributed by atoms with E-state index >= 15 is 0 Å². The smallest absolute Gasteiger partial charge is 0.135 e. The molecule has 2 rings (SSSR count). The lowest BCUT2D eigenvalue weighted by Crippen LogP contribution is -2.12. The summed E-state index contributed by atoms with van der Waals surface area (Å²) in [5.74, 6) is -1.21. The van der Waals surface area contributed by atoms with Crippen molar-refractivity contribution in [3.63, 3.8) is 0 Å². The third-order valence-electron chi connectivity index (χ3n) is 2.90. The highest BCUT2D eigenvalue weighted by atomic mass is 79.9. The quantitative estimate of drug-likeness (QED) is 0.934. The highest BCUT2D eigenvalue weighted by Gasteiger charge is 2.18. The van der Waals surface area contributed by atoms with E-state index in [1.165, 1.54) is 12.1 Å². The molecule has 0 bridgehead atoms. The third-order valence-corrected chi connectivity index (χ3v) is 3.73. The van der Waals surface area contributed by atoms with E-state index in [0.29, 0.717) is 11.3 Å². The second-order valence-corrected chi connectivity index (χ2v) is 5.00. The van der Waals surface area contributed by atoms with Crippen molar-refractivity contribution in [2.75, 3.05) is 13.6 Å². The molecule has 0 fully saturated rings. The van der Waals surface area contributed by atoms with E-state index in [4.69, 9.17) is 0 Å². The number of nitrogens with zero attached hydrogens (tertiary/aromatic N) is 2. The van der Waals surface area contributed by atoms with E-state index in [9.17, 15) is 8.78 Å². The summed E-state index contributed by atoms with van der Waals surface area (Å²) >= 11 is 3.45. The molecule has 0 aliphatic rings. The Morgan fingerprint density at radius 3 is 2.74 bits per heavy atom. The van der Waals surface area contributed by atoms with Gasteiger partial charge in [-0.05, 0) is 35.1 Å². The SMILES string of the molecule is CNCCc1c(Br)c(-c2ccc(F)cc2F)nn1C. The molecule has 0 aliphatic carbocycles. The van der Waals surface area contributed by atoms with Crippen LogP contribution in [0.5, 0.6) is 0 Å². The number of nitrogens with one attached hydrogen (secondary N) is 1. The van der Waals surface area contributed by atoms with Gasteiger partial charge in [0.2, 0.25) is 0 Å². The van der Waals surface area contributed by atoms with Crippen molar-refractivity contribution in [3.8, 4) is 11.3 Å². The predicted molar refractivity (Wildman–Crippen MR) is 73.9 cm³/mol. The number of likely N-dealkylation sites (N-methyl/N-ethyl adjacent to an activating group) is 1. The zero-order valence-corrected chi connectivity index (χ0v) is 12.3. The van der Waals surface area contributed by atoms with Crippen LogP contribution in [0.1, 0.15) is 5.69 Å². The lowest BCUT2D eigenvalue weighted by atomic mass is 10.1. The van der Waals surface area contributed by atoms with Gasteiger partial charge in [0, 0.05) is 31.6 Å². The Balaban J connectivity index is 2.45. The normalized spacial score (nSPS) is 11.0. The molecule has 0 amide bonds. The van der Waals surface area contributed by atoms with Gasteiger partial charge in [-0.25, -0.2) is 8.78 Å². The zero-order chi connectivity index (χ0) is 14.0. The second-order valence-electron chi connectivity index (χ2n) is 4.21. The van der Waals surface area contributed by atoms with Crippen LogP contribution in [-0.4, -0.2) is 23.4 Å². The maximum Gasteiger partial charge on any atom is 0.135 e. The van der Waals surface area contributed by atoms with Crippen molar-refractivity contribution >= 4 is 15.9 Å². The molecule has 0 spiro atoms. The molecule has 2 aromatic rings. The Morgan fingerprint density at radius 1 is 1.37 bits per heavy atom. The summed E-state index contributed by atoms with van der Waals surface area (Å²) in [6.45, 7) is 0.795. The molecule has 0 aliphatic heterocycles. The van der Waals surface area contributed by atoms with Gasteiger partial charge in [-0.1, -0.05) is 0 Å². The van der Waals surface area contributed by atoms with Gasteiger partial charge in [0.15, 0.2) is 0 Å². The molecule has 1 heterocycles. The Bertz CT molecular complexity index is 596. The summed E-state index contributed by atoms with van der Waals surface area (Å²) in [4.78, 5) is 0. The molecular weight excluding hydrogens is 316 g/mol. The van der Waals surface area contributed by atoms with E-state index in [1.807, 2.05) is 7.05 Å². The largest absolute Gasteiger partial charge is 0.319 e. The first-order valence-electron chi connectivity index (χ1n) is 5.86. The Hall–Kier alpha value is -1.27. The van der Waals surface area contributed by atoms with E-state index in [0.717, 1.165) is 29.2 Å². The van der Waals surface area contributed by atoms with Crippen LogP contribution in [0.25, 0.3) is 11.3 Å². The van der Waals surface area contributed by atoms with Gasteiger partial charge in [0.25, 0.3) is 0 Å². The van der Waals surface area contributed by atoms with Crippen molar-refractivity contribution in [2.45, 2.75) is 6.42 Å². The van der Waals surface area contributed by atoms with Crippen LogP contribution in [-0.2, 0) is 13.5 Å². The summed E-state index contributed by atoms with van der Waals surface area (Å²) < 4.78 is 29.2. The van der Waals surface area contributed by atoms with Crippen molar-refractivity contribution in [1.29, 1.82) is 0 Å². The Labute approximate surface area is 118 Å². The number of aryl methyl sites for hydroxylation is 1. The first-order chi connectivity index (χ1) is 9.04. The maximum atomic E-state index is 13.8. The molecule has 0 atom stereocenters. The number of benzene rings is 1. The minimum atomic E-state index is -0.612. The van der Waals surface area contributed by atoms with E-state index in [-0.39, 0.29) is 0 Å². The Kier molecular flexibility index (Phi) is 4.31. The first-order valence-corrected chi connectivity index (χ1v) is 6.65. The fourth-order valence-electron chi connectivity index (χ4n) is 1.90. The van der Waals surface area contributed by atoms with E-state index in [2.05, 4.69) is 26.3 Å². The van der Waals surface area contributed by atoms with E-state index < -0.39 is 11.6 Å². The van der Waals surface area contributed by atoms with Crippen LogP contribution < -0.4 is 5.32 Å². The zero-order valence-electron chi connectivity index (χ0n) is 10.7. The molecule has 1 N–H and O–H groups in total. The number of aromatic nitrogens is 2. The molecule has 102 valence electrons. The third kappa shape index (κ3) is 2.84. The van der Waals surface area contributed by atoms with Crippen molar-refractivity contribution < 1.29 is 8.78 Å². The first kappa shape index (κ1) is 14.1. The van der Waals surface area contributed by atoms with Crippen LogP contribution in [0.4, 0.5) is 8.78 Å². The highest BCUT2D eigenvalue weighted by Crippen LogP contribution is 2.32. The Morgan fingerprint density at radius 2 is 2.11 bits per heavy atom. The molecule has 0 radical (unpaired) electrons. The summed E-state index contributed by atoms with van der Waals surface area (Å²) in [5, 5.41) is 7.36. The fourth-order valence-corrected chi connectivity index (χ4v) is 2.65. The monoisotopic (exact) mass is 329 g/mol. The molecule has 3 nitrogen and oxygen atoms in total. The number of hydrogen-bond donors (Lipinski definition) is 1. The highest BCUT2D eigenvalue weighted by molar-refractivity contribution is 9.10. The molecular formula is C13H14BrF2N3. The topological polar surface area (TPSA) is 29.9 Å². The summed E-state index contributed by atoms with van der Waals surface area (Å²) in [5.41, 5.74) is 1.75. The van der Waals surface area contributed by atoms with Gasteiger partial charge in [0.1, 0.15) is 17.3 Å². The number of hydrogen-bond acceptors (Lipinski definition) is 2. The van der Waals surface area contributed by atoms with Gasteiger partial charge < -0.3 is 5.32 Å². The number of rotatable bonds is 4. The predicted octanol–water partition coefficient (Wildman–Crippen LogP) is 2.89. The standard InChI is InChI=1S/C13H14BrF2N3/c1-17-6-5-11-12(14)13(18-19(11)2)9-4-3-8(15)7-10(9)16/h3-4,7,17H,5-6H2,1-2H3. The van der Waals surface area contributed by atoms with Crippen LogP contribution in [0.3, 0.4) is 0 Å². The van der Waals surface area contributed by atoms with E-state index in [1.54, 1.807) is 11.7 Å². The summed E-state index contributed by atoms with van der Waals surface area (Å²) in [6.07, 6.45) is 0.767. The molecule has 19 heavy (non-hydrogen) atoms. The van der Waals surface area contributed by atoms with Gasteiger partial charge in [-0.2, -0.15) is 5.10 Å². The molecule has 0 unspecified atom stereocenters. The molecule has 1 aromatic carbocycles. The van der Waals surface area contributed by atoms with Gasteiger partial charge in [0.05, 0.1) is 10.2 Å². The van der Waals surface area contributed by atoms with Crippen LogP contribution >= 0.6 is 15.9 Å². The average molecular weight is 330 g/mol. The van der Waals surface area contributed by atoms with Gasteiger partial charge in [-0.15, -0.1) is 0 Å². The fraction of sp³-hybridized carbons (Fsp3) is 0.308. The average Bonchev–Trinajstić information content (AvgIpc) is 2.63. The maximum absolute atomic E-state index is 13.8. The molecule has 0 saturated carbocycles. The summed E-state index contributed by atoms with van der Waals surface area (Å²) in [6, 6.07) is 3.50. The van der Waals surface area contributed by atoms with Gasteiger partial charge in [-0.3, -0.25) is 4.68 Å². The minimum absolute atomic E-state index is 0.291. The lowest BCUT2D eigenvalue weighted by Gasteiger charge is -2.02. The van der Waals surface area contributed by atoms with Crippen LogP contribution in [0.15, 0.2) is 22.7 Å².